The van der Waals surface area contributed by atoms with Gasteiger partial charge in [-0.25, -0.2) is 8.42 Å². The van der Waals surface area contributed by atoms with E-state index in [1.54, 1.807) is 0 Å². The average molecular weight is 298 g/mol. The number of ether oxygens (including phenoxy) is 2. The van der Waals surface area contributed by atoms with Crippen molar-refractivity contribution >= 4 is 21.7 Å². The zero-order chi connectivity index (χ0) is 15.3. The molecule has 8 heteroatoms. The lowest BCUT2D eigenvalue weighted by Gasteiger charge is -2.15. The molecule has 0 bridgehead atoms. The summed E-state index contributed by atoms with van der Waals surface area (Å²) < 4.78 is 35.6. The van der Waals surface area contributed by atoms with Crippen molar-refractivity contribution in [1.82, 2.24) is 0 Å². The van der Waals surface area contributed by atoms with Gasteiger partial charge in [-0.2, -0.15) is 5.26 Å². The SMILES string of the molecule is COC(=O)C(C)S(=O)(=O)Nc1ccc(C#N)cc1OC. The van der Waals surface area contributed by atoms with Gasteiger partial charge >= 0.3 is 5.97 Å². The average Bonchev–Trinajstić information content (AvgIpc) is 2.45. The van der Waals surface area contributed by atoms with Crippen LogP contribution in [-0.4, -0.2) is 33.9 Å². The van der Waals surface area contributed by atoms with Gasteiger partial charge in [0.2, 0.25) is 10.0 Å². The molecule has 0 aliphatic heterocycles. The van der Waals surface area contributed by atoms with Gasteiger partial charge in [0.1, 0.15) is 5.75 Å². The van der Waals surface area contributed by atoms with Crippen LogP contribution in [0.4, 0.5) is 5.69 Å². The molecule has 1 aromatic carbocycles. The summed E-state index contributed by atoms with van der Waals surface area (Å²) in [7, 11) is -1.51. The first-order valence-electron chi connectivity index (χ1n) is 5.53. The van der Waals surface area contributed by atoms with E-state index in [4.69, 9.17) is 10.00 Å². The second-order valence-electron chi connectivity index (χ2n) is 3.84. The van der Waals surface area contributed by atoms with Crippen molar-refractivity contribution in [1.29, 1.82) is 5.26 Å². The van der Waals surface area contributed by atoms with E-state index in [1.807, 2.05) is 6.07 Å². The normalized spacial score (nSPS) is 12.1. The zero-order valence-corrected chi connectivity index (χ0v) is 12.0. The molecule has 1 rings (SSSR count). The van der Waals surface area contributed by atoms with E-state index >= 15 is 0 Å². The van der Waals surface area contributed by atoms with Crippen LogP contribution in [0.25, 0.3) is 0 Å². The first-order valence-corrected chi connectivity index (χ1v) is 7.08. The number of esters is 1. The molecule has 0 radical (unpaired) electrons. The van der Waals surface area contributed by atoms with Gasteiger partial charge in [0.05, 0.1) is 31.5 Å². The number of anilines is 1. The van der Waals surface area contributed by atoms with Crippen molar-refractivity contribution in [2.75, 3.05) is 18.9 Å². The lowest BCUT2D eigenvalue weighted by Crippen LogP contribution is -2.33. The van der Waals surface area contributed by atoms with Gasteiger partial charge in [0.25, 0.3) is 0 Å². The van der Waals surface area contributed by atoms with Crippen molar-refractivity contribution in [2.45, 2.75) is 12.2 Å². The Morgan fingerprint density at radius 3 is 2.55 bits per heavy atom. The summed E-state index contributed by atoms with van der Waals surface area (Å²) in [5.74, 6) is -0.685. The molecular weight excluding hydrogens is 284 g/mol. The van der Waals surface area contributed by atoms with Crippen LogP contribution in [0, 0.1) is 11.3 Å². The molecule has 1 aromatic rings. The summed E-state index contributed by atoms with van der Waals surface area (Å²) in [6, 6.07) is 6.12. The highest BCUT2D eigenvalue weighted by Gasteiger charge is 2.29. The Hall–Kier alpha value is -2.27. The molecule has 0 heterocycles. The fourth-order valence-corrected chi connectivity index (χ4v) is 2.38. The molecule has 1 unspecified atom stereocenters. The predicted molar refractivity (Wildman–Crippen MR) is 71.7 cm³/mol. The maximum Gasteiger partial charge on any atom is 0.325 e. The first kappa shape index (κ1) is 15.8. The molecule has 0 aliphatic rings. The third-order valence-electron chi connectivity index (χ3n) is 2.58. The monoisotopic (exact) mass is 298 g/mol. The van der Waals surface area contributed by atoms with Crippen LogP contribution in [0.15, 0.2) is 18.2 Å². The van der Waals surface area contributed by atoms with E-state index in [9.17, 15) is 13.2 Å². The summed E-state index contributed by atoms with van der Waals surface area (Å²) in [4.78, 5) is 11.3. The maximum atomic E-state index is 12.0. The van der Waals surface area contributed by atoms with E-state index < -0.39 is 21.2 Å². The van der Waals surface area contributed by atoms with Crippen LogP contribution in [0.2, 0.25) is 0 Å². The van der Waals surface area contributed by atoms with Gasteiger partial charge in [-0.15, -0.1) is 0 Å². The summed E-state index contributed by atoms with van der Waals surface area (Å²) in [6.07, 6.45) is 0. The number of nitrogens with one attached hydrogen (secondary N) is 1. The van der Waals surface area contributed by atoms with Crippen molar-refractivity contribution in [3.8, 4) is 11.8 Å². The molecule has 1 atom stereocenters. The standard InChI is InChI=1S/C12H14N2O5S/c1-8(12(15)19-3)20(16,17)14-10-5-4-9(7-13)6-11(10)18-2/h4-6,8,14H,1-3H3. The molecule has 108 valence electrons. The van der Waals surface area contributed by atoms with Crippen molar-refractivity contribution in [2.24, 2.45) is 0 Å². The highest BCUT2D eigenvalue weighted by Crippen LogP contribution is 2.27. The molecule has 0 spiro atoms. The number of nitrogens with zero attached hydrogens (tertiary/aromatic N) is 1. The lowest BCUT2D eigenvalue weighted by atomic mass is 10.2. The third-order valence-corrected chi connectivity index (χ3v) is 4.21. The van der Waals surface area contributed by atoms with E-state index in [0.29, 0.717) is 5.56 Å². The Morgan fingerprint density at radius 1 is 1.40 bits per heavy atom. The number of sulfonamides is 1. The molecule has 0 amide bonds. The van der Waals surface area contributed by atoms with E-state index in [-0.39, 0.29) is 11.4 Å². The topological polar surface area (TPSA) is 105 Å². The van der Waals surface area contributed by atoms with Gasteiger partial charge in [-0.05, 0) is 19.1 Å². The fourth-order valence-electron chi connectivity index (χ4n) is 1.38. The quantitative estimate of drug-likeness (QED) is 0.808. The molecule has 0 fully saturated rings. The van der Waals surface area contributed by atoms with E-state index in [0.717, 1.165) is 7.11 Å². The largest absolute Gasteiger partial charge is 0.495 e. The van der Waals surface area contributed by atoms with Crippen LogP contribution in [0.1, 0.15) is 12.5 Å². The summed E-state index contributed by atoms with van der Waals surface area (Å²) in [5, 5.41) is 7.40. The number of hydrogen-bond donors (Lipinski definition) is 1. The van der Waals surface area contributed by atoms with Gasteiger partial charge < -0.3 is 9.47 Å². The smallest absolute Gasteiger partial charge is 0.325 e. The molecule has 0 saturated heterocycles. The predicted octanol–water partition coefficient (Wildman–Crippen LogP) is 0.870. The van der Waals surface area contributed by atoms with Gasteiger partial charge in [-0.1, -0.05) is 0 Å². The summed E-state index contributed by atoms with van der Waals surface area (Å²) in [6.45, 7) is 1.21. The minimum atomic E-state index is -3.96. The number of hydrogen-bond acceptors (Lipinski definition) is 6. The Balaban J connectivity index is 3.10. The van der Waals surface area contributed by atoms with E-state index in [2.05, 4.69) is 9.46 Å². The van der Waals surface area contributed by atoms with Crippen molar-refractivity contribution in [3.63, 3.8) is 0 Å². The second-order valence-corrected chi connectivity index (χ2v) is 5.84. The minimum Gasteiger partial charge on any atom is -0.495 e. The van der Waals surface area contributed by atoms with Gasteiger partial charge in [-0.3, -0.25) is 9.52 Å². The fraction of sp³-hybridized carbons (Fsp3) is 0.333. The number of benzene rings is 1. The Kier molecular flexibility index (Phi) is 4.94. The highest BCUT2D eigenvalue weighted by atomic mass is 32.2. The Labute approximate surface area is 117 Å². The van der Waals surface area contributed by atoms with Crippen LogP contribution in [0.5, 0.6) is 5.75 Å². The maximum absolute atomic E-state index is 12.0. The zero-order valence-electron chi connectivity index (χ0n) is 11.2. The molecule has 7 nitrogen and oxygen atoms in total. The Bertz CT molecular complexity index is 648. The molecule has 20 heavy (non-hydrogen) atoms. The number of carbonyl (C=O) groups excluding carboxylic acids is 1. The first-order chi connectivity index (χ1) is 9.35. The third kappa shape index (κ3) is 3.39. The second kappa shape index (κ2) is 6.25. The molecular formula is C12H14N2O5S. The molecule has 0 saturated carbocycles. The molecule has 1 N–H and O–H groups in total. The Morgan fingerprint density at radius 2 is 2.05 bits per heavy atom. The molecule has 0 aliphatic carbocycles. The number of carbonyl (C=O) groups is 1. The number of nitriles is 1. The van der Waals surface area contributed by atoms with Crippen LogP contribution < -0.4 is 9.46 Å². The number of rotatable bonds is 5. The molecule has 0 aromatic heterocycles. The highest BCUT2D eigenvalue weighted by molar-refractivity contribution is 7.94. The van der Waals surface area contributed by atoms with Crippen LogP contribution >= 0.6 is 0 Å². The van der Waals surface area contributed by atoms with Crippen LogP contribution in [-0.2, 0) is 19.6 Å². The van der Waals surface area contributed by atoms with Gasteiger partial charge in [0.15, 0.2) is 5.25 Å². The van der Waals surface area contributed by atoms with Crippen LogP contribution in [0.3, 0.4) is 0 Å². The van der Waals surface area contributed by atoms with Gasteiger partial charge in [0, 0.05) is 6.07 Å². The lowest BCUT2D eigenvalue weighted by molar-refractivity contribution is -0.139. The summed E-state index contributed by atoms with van der Waals surface area (Å²) >= 11 is 0. The number of methoxy groups -OCH3 is 2. The minimum absolute atomic E-state index is 0.141. The summed E-state index contributed by atoms with van der Waals surface area (Å²) in [5.41, 5.74) is 0.466. The van der Waals surface area contributed by atoms with E-state index in [1.165, 1.54) is 32.2 Å². The van der Waals surface area contributed by atoms with Crippen molar-refractivity contribution < 1.29 is 22.7 Å². The van der Waals surface area contributed by atoms with Crippen molar-refractivity contribution in [3.05, 3.63) is 23.8 Å².